The van der Waals surface area contributed by atoms with Crippen LogP contribution < -0.4 is 10.9 Å². The van der Waals surface area contributed by atoms with Crippen LogP contribution in [-0.4, -0.2) is 58.9 Å². The third kappa shape index (κ3) is 3.12. The van der Waals surface area contributed by atoms with Gasteiger partial charge in [-0.1, -0.05) is 6.07 Å². The minimum Gasteiger partial charge on any atom is -0.468 e. The molecule has 2 aromatic rings. The molecule has 1 saturated heterocycles. The molecule has 2 aromatic heterocycles. The number of hydrogen-bond acceptors (Lipinski definition) is 6. The van der Waals surface area contributed by atoms with Gasteiger partial charge in [0.2, 0.25) is 0 Å². The lowest BCUT2D eigenvalue weighted by atomic mass is 10.1. The normalized spacial score (nSPS) is 20.6. The van der Waals surface area contributed by atoms with E-state index >= 15 is 0 Å². The molecule has 0 radical (unpaired) electrons. The number of nitrogens with one attached hydrogen (secondary N) is 1. The summed E-state index contributed by atoms with van der Waals surface area (Å²) in [5.74, 6) is -0.818. The molecule has 3 heterocycles. The van der Waals surface area contributed by atoms with Gasteiger partial charge in [-0.15, -0.1) is 0 Å². The Balaban J connectivity index is 1.82. The topological polar surface area (TPSA) is 93.0 Å². The molecule has 0 aromatic carbocycles. The molecule has 0 saturated carbocycles. The molecule has 3 rings (SSSR count). The first kappa shape index (κ1) is 17.1. The van der Waals surface area contributed by atoms with E-state index in [0.29, 0.717) is 24.3 Å². The first-order valence-electron chi connectivity index (χ1n) is 7.98. The Morgan fingerprint density at radius 3 is 2.84 bits per heavy atom. The molecule has 0 aliphatic carbocycles. The van der Waals surface area contributed by atoms with Crippen LogP contribution in [0.3, 0.4) is 0 Å². The van der Waals surface area contributed by atoms with E-state index in [-0.39, 0.29) is 17.6 Å². The molecule has 2 atom stereocenters. The minimum atomic E-state index is -0.487. The maximum Gasteiger partial charge on any atom is 0.323 e. The van der Waals surface area contributed by atoms with Gasteiger partial charge in [-0.3, -0.25) is 23.7 Å². The number of carbonyl (C=O) groups is 2. The van der Waals surface area contributed by atoms with Crippen LogP contribution >= 0.6 is 0 Å². The number of esters is 1. The number of amides is 1. The van der Waals surface area contributed by atoms with Crippen molar-refractivity contribution >= 4 is 17.5 Å². The van der Waals surface area contributed by atoms with Crippen LogP contribution in [0, 0.1) is 6.92 Å². The summed E-state index contributed by atoms with van der Waals surface area (Å²) in [5.41, 5.74) is 0.774. The van der Waals surface area contributed by atoms with Gasteiger partial charge in [0, 0.05) is 24.5 Å². The first-order valence-corrected chi connectivity index (χ1v) is 7.98. The number of aryl methyl sites for hydroxylation is 1. The number of hydrogen-bond donors (Lipinski definition) is 1. The van der Waals surface area contributed by atoms with Crippen LogP contribution in [-0.2, 0) is 9.53 Å². The van der Waals surface area contributed by atoms with Gasteiger partial charge in [0.05, 0.1) is 7.11 Å². The van der Waals surface area contributed by atoms with Crippen LogP contribution in [0.5, 0.6) is 0 Å². The van der Waals surface area contributed by atoms with Gasteiger partial charge in [0.25, 0.3) is 11.5 Å². The van der Waals surface area contributed by atoms with E-state index in [0.717, 1.165) is 0 Å². The molecule has 8 nitrogen and oxygen atoms in total. The maximum absolute atomic E-state index is 12.6. The van der Waals surface area contributed by atoms with Crippen molar-refractivity contribution in [1.29, 1.82) is 0 Å². The molecule has 0 bridgehead atoms. The summed E-state index contributed by atoms with van der Waals surface area (Å²) in [4.78, 5) is 42.9. The molecule has 0 unspecified atom stereocenters. The third-order valence-corrected chi connectivity index (χ3v) is 4.53. The summed E-state index contributed by atoms with van der Waals surface area (Å²) < 4.78 is 6.18. The second-order valence-electron chi connectivity index (χ2n) is 6.22. The summed E-state index contributed by atoms with van der Waals surface area (Å²) in [5, 5.41) is 2.82. The molecule has 1 fully saturated rings. The van der Waals surface area contributed by atoms with Crippen LogP contribution in [0.1, 0.15) is 22.5 Å². The Morgan fingerprint density at radius 2 is 2.12 bits per heavy atom. The van der Waals surface area contributed by atoms with Crippen LogP contribution in [0.2, 0.25) is 0 Å². The lowest BCUT2D eigenvalue weighted by molar-refractivity contribution is -0.145. The van der Waals surface area contributed by atoms with Gasteiger partial charge in [-0.2, -0.15) is 0 Å². The Kier molecular flexibility index (Phi) is 4.54. The lowest BCUT2D eigenvalue weighted by Gasteiger charge is -2.15. The fourth-order valence-electron chi connectivity index (χ4n) is 3.21. The zero-order chi connectivity index (χ0) is 18.1. The van der Waals surface area contributed by atoms with Gasteiger partial charge < -0.3 is 10.1 Å². The molecular weight excluding hydrogens is 324 g/mol. The summed E-state index contributed by atoms with van der Waals surface area (Å²) in [7, 11) is 3.13. The summed E-state index contributed by atoms with van der Waals surface area (Å²) in [6, 6.07) is 4.66. The largest absolute Gasteiger partial charge is 0.468 e. The smallest absolute Gasteiger partial charge is 0.323 e. The number of carbonyl (C=O) groups excluding carboxylic acids is 2. The summed E-state index contributed by atoms with van der Waals surface area (Å²) in [6.07, 6.45) is 1.74. The number of likely N-dealkylation sites (N-methyl/N-ethyl adjacent to an activating group) is 1. The van der Waals surface area contributed by atoms with Crippen LogP contribution in [0.15, 0.2) is 29.2 Å². The fraction of sp³-hybridized carbons (Fsp3) is 0.412. The zero-order valence-electron chi connectivity index (χ0n) is 14.4. The van der Waals surface area contributed by atoms with Gasteiger partial charge >= 0.3 is 5.97 Å². The number of fused-ring (bicyclic) bond motifs is 1. The minimum absolute atomic E-state index is 0.0176. The van der Waals surface area contributed by atoms with Gasteiger partial charge in [-0.05, 0) is 32.5 Å². The van der Waals surface area contributed by atoms with E-state index < -0.39 is 17.5 Å². The molecule has 1 amide bonds. The van der Waals surface area contributed by atoms with E-state index in [1.807, 2.05) is 4.90 Å². The molecule has 25 heavy (non-hydrogen) atoms. The average molecular weight is 344 g/mol. The molecule has 1 aliphatic heterocycles. The van der Waals surface area contributed by atoms with Gasteiger partial charge in [0.1, 0.15) is 17.3 Å². The highest BCUT2D eigenvalue weighted by molar-refractivity contribution is 5.94. The van der Waals surface area contributed by atoms with E-state index in [9.17, 15) is 14.4 Å². The van der Waals surface area contributed by atoms with Crippen LogP contribution in [0.25, 0.3) is 5.65 Å². The number of aromatic nitrogens is 2. The highest BCUT2D eigenvalue weighted by Crippen LogP contribution is 2.17. The monoisotopic (exact) mass is 344 g/mol. The number of nitrogens with zero attached hydrogens (tertiary/aromatic N) is 3. The Labute approximate surface area is 144 Å². The number of ether oxygens (including phenoxy) is 1. The molecule has 1 aliphatic rings. The zero-order valence-corrected chi connectivity index (χ0v) is 14.4. The molecule has 1 N–H and O–H groups in total. The number of likely N-dealkylation sites (tertiary alicyclic amines) is 1. The van der Waals surface area contributed by atoms with E-state index in [4.69, 9.17) is 4.74 Å². The standard InChI is InChI=1S/C17H20N4O4/c1-10-5-4-6-14-18-8-12(16(23)21(10)14)15(22)19-11-7-13(17(24)25-3)20(2)9-11/h4-6,8,11,13H,7,9H2,1-3H3,(H,19,22)/t11-,13-/m0/s1. The molecule has 132 valence electrons. The first-order chi connectivity index (χ1) is 11.9. The summed E-state index contributed by atoms with van der Waals surface area (Å²) in [6.45, 7) is 2.29. The number of pyridine rings is 1. The number of rotatable bonds is 3. The van der Waals surface area contributed by atoms with Crippen molar-refractivity contribution in [2.24, 2.45) is 0 Å². The summed E-state index contributed by atoms with van der Waals surface area (Å²) >= 11 is 0. The second-order valence-corrected chi connectivity index (χ2v) is 6.22. The number of methoxy groups -OCH3 is 1. The third-order valence-electron chi connectivity index (χ3n) is 4.53. The van der Waals surface area contributed by atoms with Crippen molar-refractivity contribution in [3.63, 3.8) is 0 Å². The van der Waals surface area contributed by atoms with Crippen molar-refractivity contribution < 1.29 is 14.3 Å². The fourth-order valence-corrected chi connectivity index (χ4v) is 3.21. The second kappa shape index (κ2) is 6.64. The SMILES string of the molecule is COC(=O)[C@@H]1C[C@H](NC(=O)c2cnc3cccc(C)n3c2=O)CN1C. The Hall–Kier alpha value is -2.74. The molecule has 0 spiro atoms. The molecule has 8 heteroatoms. The lowest BCUT2D eigenvalue weighted by Crippen LogP contribution is -2.39. The van der Waals surface area contributed by atoms with Crippen LogP contribution in [0.4, 0.5) is 0 Å². The Morgan fingerprint density at radius 1 is 1.36 bits per heavy atom. The van der Waals surface area contributed by atoms with Crippen molar-refractivity contribution in [3.8, 4) is 0 Å². The van der Waals surface area contributed by atoms with Crippen molar-refractivity contribution in [1.82, 2.24) is 19.6 Å². The van der Waals surface area contributed by atoms with Crippen molar-refractivity contribution in [2.45, 2.75) is 25.4 Å². The highest BCUT2D eigenvalue weighted by atomic mass is 16.5. The van der Waals surface area contributed by atoms with E-state index in [1.54, 1.807) is 32.2 Å². The Bertz CT molecular complexity index is 892. The average Bonchev–Trinajstić information content (AvgIpc) is 2.94. The maximum atomic E-state index is 12.6. The quantitative estimate of drug-likeness (QED) is 0.787. The van der Waals surface area contributed by atoms with E-state index in [2.05, 4.69) is 10.3 Å². The van der Waals surface area contributed by atoms with Crippen molar-refractivity contribution in [2.75, 3.05) is 20.7 Å². The van der Waals surface area contributed by atoms with E-state index in [1.165, 1.54) is 17.7 Å². The van der Waals surface area contributed by atoms with Gasteiger partial charge in [0.15, 0.2) is 0 Å². The predicted molar refractivity (Wildman–Crippen MR) is 90.5 cm³/mol. The van der Waals surface area contributed by atoms with Crippen molar-refractivity contribution in [3.05, 3.63) is 46.0 Å². The predicted octanol–water partition coefficient (Wildman–Crippen LogP) is -0.0216. The molecular formula is C17H20N4O4. The van der Waals surface area contributed by atoms with Gasteiger partial charge in [-0.25, -0.2) is 4.98 Å². The highest BCUT2D eigenvalue weighted by Gasteiger charge is 2.36.